The van der Waals surface area contributed by atoms with Crippen molar-refractivity contribution in [3.05, 3.63) is 59.9 Å². The molecule has 4 heteroatoms. The van der Waals surface area contributed by atoms with Crippen molar-refractivity contribution in [3.63, 3.8) is 0 Å². The van der Waals surface area contributed by atoms with Gasteiger partial charge in [0.2, 0.25) is 9.84 Å². The summed E-state index contributed by atoms with van der Waals surface area (Å²) in [5.74, 6) is -0.723. The molecule has 0 aliphatic heterocycles. The average Bonchev–Trinajstić information content (AvgIpc) is 2.33. The Morgan fingerprint density at radius 1 is 1.00 bits per heavy atom. The summed E-state index contributed by atoms with van der Waals surface area (Å²) in [6.45, 7) is 1.73. The molecule has 0 saturated heterocycles. The summed E-state index contributed by atoms with van der Waals surface area (Å²) in [4.78, 5) is -0.173. The summed E-state index contributed by atoms with van der Waals surface area (Å²) in [6, 6.07) is 11.9. The van der Waals surface area contributed by atoms with Crippen LogP contribution in [0.15, 0.2) is 58.3 Å². The van der Waals surface area contributed by atoms with Crippen LogP contribution in [0.1, 0.15) is 5.56 Å². The Morgan fingerprint density at radius 3 is 2.29 bits per heavy atom. The maximum atomic E-state index is 13.6. The lowest BCUT2D eigenvalue weighted by Crippen LogP contribution is -2.04. The van der Waals surface area contributed by atoms with Gasteiger partial charge in [0.25, 0.3) is 0 Å². The molecule has 2 rings (SSSR count). The van der Waals surface area contributed by atoms with Gasteiger partial charge in [-0.15, -0.1) is 0 Å². The smallest absolute Gasteiger partial charge is 0.209 e. The summed E-state index contributed by atoms with van der Waals surface area (Å²) in [5, 5.41) is 0. The van der Waals surface area contributed by atoms with Crippen molar-refractivity contribution in [1.29, 1.82) is 0 Å². The number of sulfone groups is 1. The molecule has 0 radical (unpaired) electrons. The number of benzene rings is 2. The van der Waals surface area contributed by atoms with Gasteiger partial charge in [0.1, 0.15) is 10.7 Å². The van der Waals surface area contributed by atoms with Crippen LogP contribution in [0.3, 0.4) is 0 Å². The lowest BCUT2D eigenvalue weighted by molar-refractivity contribution is 0.566. The molecule has 0 heterocycles. The van der Waals surface area contributed by atoms with Gasteiger partial charge in [0.05, 0.1) is 4.90 Å². The molecule has 0 aliphatic rings. The van der Waals surface area contributed by atoms with Crippen molar-refractivity contribution < 1.29 is 12.8 Å². The Bertz CT molecular complexity index is 634. The minimum Gasteiger partial charge on any atom is -0.218 e. The molecule has 88 valence electrons. The Hall–Kier alpha value is -1.68. The van der Waals surface area contributed by atoms with Gasteiger partial charge in [0, 0.05) is 0 Å². The highest BCUT2D eigenvalue weighted by atomic mass is 32.2. The highest BCUT2D eigenvalue weighted by molar-refractivity contribution is 7.91. The topological polar surface area (TPSA) is 34.1 Å². The van der Waals surface area contributed by atoms with Gasteiger partial charge in [-0.1, -0.05) is 24.3 Å². The zero-order valence-corrected chi connectivity index (χ0v) is 10.0. The van der Waals surface area contributed by atoms with Crippen molar-refractivity contribution in [3.8, 4) is 0 Å². The van der Waals surface area contributed by atoms with Crippen LogP contribution in [0.5, 0.6) is 0 Å². The molecule has 2 aromatic rings. The third kappa shape index (κ3) is 2.22. The van der Waals surface area contributed by atoms with E-state index >= 15 is 0 Å². The van der Waals surface area contributed by atoms with Crippen LogP contribution < -0.4 is 0 Å². The van der Waals surface area contributed by atoms with E-state index in [0.717, 1.165) is 0 Å². The largest absolute Gasteiger partial charge is 0.218 e. The van der Waals surface area contributed by atoms with Crippen LogP contribution in [0, 0.1) is 12.7 Å². The molecule has 2 aromatic carbocycles. The second-order valence-corrected chi connectivity index (χ2v) is 5.67. The lowest BCUT2D eigenvalue weighted by atomic mass is 10.2. The molecule has 2 nitrogen and oxygen atoms in total. The standard InChI is InChI=1S/C13H11FO2S/c1-10-7-8-12(14)13(9-10)17(15,16)11-5-3-2-4-6-11/h2-9H,1H3. The molecule has 0 N–H and O–H groups in total. The number of hydrogen-bond acceptors (Lipinski definition) is 2. The highest BCUT2D eigenvalue weighted by Crippen LogP contribution is 2.23. The highest BCUT2D eigenvalue weighted by Gasteiger charge is 2.21. The Morgan fingerprint density at radius 2 is 1.65 bits per heavy atom. The van der Waals surface area contributed by atoms with Crippen molar-refractivity contribution in [2.24, 2.45) is 0 Å². The molecule has 0 spiro atoms. The van der Waals surface area contributed by atoms with Crippen LogP contribution in [0.2, 0.25) is 0 Å². The first kappa shape index (κ1) is 11.8. The molecule has 0 atom stereocenters. The summed E-state index contributed by atoms with van der Waals surface area (Å²) in [5.41, 5.74) is 0.709. The van der Waals surface area contributed by atoms with Gasteiger partial charge < -0.3 is 0 Å². The van der Waals surface area contributed by atoms with Crippen LogP contribution >= 0.6 is 0 Å². The predicted octanol–water partition coefficient (Wildman–Crippen LogP) is 2.97. The zero-order chi connectivity index (χ0) is 12.5. The van der Waals surface area contributed by atoms with Crippen LogP contribution in [-0.4, -0.2) is 8.42 Å². The first-order valence-electron chi connectivity index (χ1n) is 5.08. The first-order chi connectivity index (χ1) is 8.01. The Labute approximate surface area is 99.6 Å². The van der Waals surface area contributed by atoms with Gasteiger partial charge in [-0.3, -0.25) is 0 Å². The zero-order valence-electron chi connectivity index (χ0n) is 9.22. The van der Waals surface area contributed by atoms with Crippen molar-refractivity contribution in [1.82, 2.24) is 0 Å². The number of halogens is 1. The molecule has 0 amide bonds. The maximum absolute atomic E-state index is 13.6. The molecule has 0 saturated carbocycles. The Kier molecular flexibility index (Phi) is 2.98. The summed E-state index contributed by atoms with van der Waals surface area (Å²) in [7, 11) is -3.77. The quantitative estimate of drug-likeness (QED) is 0.821. The monoisotopic (exact) mass is 250 g/mol. The van der Waals surface area contributed by atoms with Crippen molar-refractivity contribution in [2.45, 2.75) is 16.7 Å². The summed E-state index contributed by atoms with van der Waals surface area (Å²) >= 11 is 0. The summed E-state index contributed by atoms with van der Waals surface area (Å²) in [6.07, 6.45) is 0. The van der Waals surface area contributed by atoms with E-state index in [0.29, 0.717) is 5.56 Å². The number of rotatable bonds is 2. The second kappa shape index (κ2) is 4.30. The lowest BCUT2D eigenvalue weighted by Gasteiger charge is -2.06. The molecular formula is C13H11FO2S. The molecule has 17 heavy (non-hydrogen) atoms. The van der Waals surface area contributed by atoms with Crippen molar-refractivity contribution >= 4 is 9.84 Å². The van der Waals surface area contributed by atoms with Crippen LogP contribution in [0.4, 0.5) is 4.39 Å². The molecule has 0 aromatic heterocycles. The minimum atomic E-state index is -3.77. The van der Waals surface area contributed by atoms with Gasteiger partial charge >= 0.3 is 0 Å². The van der Waals surface area contributed by atoms with Gasteiger partial charge in [0.15, 0.2) is 0 Å². The fourth-order valence-electron chi connectivity index (χ4n) is 1.54. The van der Waals surface area contributed by atoms with Gasteiger partial charge in [-0.2, -0.15) is 0 Å². The van der Waals surface area contributed by atoms with E-state index in [-0.39, 0.29) is 9.79 Å². The minimum absolute atomic E-state index is 0.101. The Balaban J connectivity index is 2.64. The number of hydrogen-bond donors (Lipinski definition) is 0. The summed E-state index contributed by atoms with van der Waals surface area (Å²) < 4.78 is 37.9. The average molecular weight is 250 g/mol. The van der Waals surface area contributed by atoms with E-state index in [1.165, 1.54) is 24.3 Å². The fraction of sp³-hybridized carbons (Fsp3) is 0.0769. The normalized spacial score (nSPS) is 11.4. The number of aryl methyl sites for hydroxylation is 1. The third-order valence-electron chi connectivity index (χ3n) is 2.43. The molecular weight excluding hydrogens is 239 g/mol. The maximum Gasteiger partial charge on any atom is 0.209 e. The van der Waals surface area contributed by atoms with E-state index in [1.54, 1.807) is 31.2 Å². The molecule has 0 unspecified atom stereocenters. The second-order valence-electron chi connectivity index (χ2n) is 3.75. The predicted molar refractivity (Wildman–Crippen MR) is 63.0 cm³/mol. The van der Waals surface area contributed by atoms with E-state index in [4.69, 9.17) is 0 Å². The van der Waals surface area contributed by atoms with Gasteiger partial charge in [-0.25, -0.2) is 12.8 Å². The van der Waals surface area contributed by atoms with E-state index < -0.39 is 15.7 Å². The fourth-order valence-corrected chi connectivity index (χ4v) is 2.98. The third-order valence-corrected chi connectivity index (χ3v) is 4.21. The van der Waals surface area contributed by atoms with Crippen molar-refractivity contribution in [2.75, 3.05) is 0 Å². The first-order valence-corrected chi connectivity index (χ1v) is 6.56. The van der Waals surface area contributed by atoms with E-state index in [1.807, 2.05) is 0 Å². The van der Waals surface area contributed by atoms with Crippen LogP contribution in [0.25, 0.3) is 0 Å². The molecule has 0 bridgehead atoms. The van der Waals surface area contributed by atoms with E-state index in [9.17, 15) is 12.8 Å². The van der Waals surface area contributed by atoms with Crippen LogP contribution in [-0.2, 0) is 9.84 Å². The SMILES string of the molecule is Cc1ccc(F)c(S(=O)(=O)c2ccccc2)c1. The van der Waals surface area contributed by atoms with Gasteiger partial charge in [-0.05, 0) is 36.8 Å². The molecule has 0 fully saturated rings. The molecule has 0 aliphatic carbocycles. The van der Waals surface area contributed by atoms with E-state index in [2.05, 4.69) is 0 Å².